The highest BCUT2D eigenvalue weighted by Gasteiger charge is 2.29. The van der Waals surface area contributed by atoms with E-state index in [0.29, 0.717) is 0 Å². The van der Waals surface area contributed by atoms with E-state index in [9.17, 15) is 14.4 Å². The molecule has 0 bridgehead atoms. The fraction of sp³-hybridized carbons (Fsp3) is 0.571. The van der Waals surface area contributed by atoms with Gasteiger partial charge in [-0.25, -0.2) is 4.79 Å². The minimum atomic E-state index is -0.561. The van der Waals surface area contributed by atoms with Crippen molar-refractivity contribution in [2.75, 3.05) is 26.2 Å². The van der Waals surface area contributed by atoms with E-state index in [4.69, 9.17) is 5.11 Å². The number of nitrogens with zero attached hydrogens (tertiary/aromatic N) is 1. The number of amides is 4. The second-order valence-electron chi connectivity index (χ2n) is 2.71. The molecule has 1 heterocycles. The van der Waals surface area contributed by atoms with E-state index < -0.39 is 17.8 Å². The van der Waals surface area contributed by atoms with Crippen molar-refractivity contribution in [1.29, 1.82) is 0 Å². The Morgan fingerprint density at radius 3 is 2.79 bits per heavy atom. The van der Waals surface area contributed by atoms with Gasteiger partial charge in [-0.2, -0.15) is 0 Å². The van der Waals surface area contributed by atoms with Crippen LogP contribution < -0.4 is 10.6 Å². The van der Waals surface area contributed by atoms with Crippen molar-refractivity contribution in [1.82, 2.24) is 15.5 Å². The van der Waals surface area contributed by atoms with Crippen molar-refractivity contribution in [2.45, 2.75) is 0 Å². The fourth-order valence-corrected chi connectivity index (χ4v) is 1.01. The van der Waals surface area contributed by atoms with Gasteiger partial charge in [0.15, 0.2) is 0 Å². The number of hydrogen-bond donors (Lipinski definition) is 3. The lowest BCUT2D eigenvalue weighted by atomic mass is 10.5. The molecule has 7 nitrogen and oxygen atoms in total. The van der Waals surface area contributed by atoms with E-state index in [1.807, 2.05) is 0 Å². The summed E-state index contributed by atoms with van der Waals surface area (Å²) in [7, 11) is 0. The highest BCUT2D eigenvalue weighted by molar-refractivity contribution is 6.04. The largest absolute Gasteiger partial charge is 0.395 e. The topological polar surface area (TPSA) is 98.7 Å². The first kappa shape index (κ1) is 10.5. The number of imide groups is 1. The molecule has 1 saturated heterocycles. The van der Waals surface area contributed by atoms with Gasteiger partial charge in [-0.15, -0.1) is 0 Å². The average Bonchev–Trinajstić information content (AvgIpc) is 2.46. The lowest BCUT2D eigenvalue weighted by molar-refractivity contribution is -0.130. The molecule has 0 unspecified atom stereocenters. The van der Waals surface area contributed by atoms with Gasteiger partial charge in [0, 0.05) is 6.54 Å². The van der Waals surface area contributed by atoms with Gasteiger partial charge in [-0.3, -0.25) is 14.5 Å². The van der Waals surface area contributed by atoms with Crippen LogP contribution >= 0.6 is 0 Å². The van der Waals surface area contributed by atoms with E-state index in [1.165, 1.54) is 0 Å². The Balaban J connectivity index is 2.39. The van der Waals surface area contributed by atoms with Gasteiger partial charge >= 0.3 is 6.03 Å². The minimum Gasteiger partial charge on any atom is -0.395 e. The van der Waals surface area contributed by atoms with Crippen LogP contribution in [0.5, 0.6) is 0 Å². The molecule has 0 aromatic heterocycles. The molecular weight excluding hydrogens is 190 g/mol. The third-order valence-corrected chi connectivity index (χ3v) is 1.67. The molecule has 0 saturated carbocycles. The normalized spacial score (nSPS) is 15.6. The molecular formula is C7H11N3O4. The smallest absolute Gasteiger partial charge is 0.325 e. The first-order valence-electron chi connectivity index (χ1n) is 4.11. The number of aliphatic hydroxyl groups is 1. The Kier molecular flexibility index (Phi) is 3.41. The summed E-state index contributed by atoms with van der Waals surface area (Å²) in [4.78, 5) is 33.8. The first-order chi connectivity index (χ1) is 6.65. The van der Waals surface area contributed by atoms with Gasteiger partial charge in [-0.05, 0) is 0 Å². The van der Waals surface area contributed by atoms with E-state index in [2.05, 4.69) is 10.6 Å². The fourth-order valence-electron chi connectivity index (χ4n) is 1.01. The van der Waals surface area contributed by atoms with E-state index >= 15 is 0 Å². The zero-order valence-electron chi connectivity index (χ0n) is 7.45. The maximum atomic E-state index is 11.1. The third kappa shape index (κ3) is 2.43. The summed E-state index contributed by atoms with van der Waals surface area (Å²) in [5, 5.41) is 13.0. The van der Waals surface area contributed by atoms with Crippen LogP contribution in [0.15, 0.2) is 0 Å². The van der Waals surface area contributed by atoms with Crippen LogP contribution in [0, 0.1) is 0 Å². The summed E-state index contributed by atoms with van der Waals surface area (Å²) in [6, 6.07) is -0.561. The number of carbonyl (C=O) groups excluding carboxylic acids is 3. The van der Waals surface area contributed by atoms with Gasteiger partial charge in [0.1, 0.15) is 6.54 Å². The van der Waals surface area contributed by atoms with Crippen molar-refractivity contribution in [2.24, 2.45) is 0 Å². The molecule has 0 spiro atoms. The van der Waals surface area contributed by atoms with Gasteiger partial charge in [0.05, 0.1) is 13.2 Å². The summed E-state index contributed by atoms with van der Waals surface area (Å²) in [6.45, 7) is -0.425. The van der Waals surface area contributed by atoms with Crippen molar-refractivity contribution >= 4 is 17.8 Å². The molecule has 14 heavy (non-hydrogen) atoms. The average molecular weight is 201 g/mol. The van der Waals surface area contributed by atoms with E-state index in [0.717, 1.165) is 4.90 Å². The third-order valence-electron chi connectivity index (χ3n) is 1.67. The van der Waals surface area contributed by atoms with Crippen LogP contribution in [0.3, 0.4) is 0 Å². The molecule has 0 atom stereocenters. The molecule has 1 aliphatic heterocycles. The molecule has 0 aromatic rings. The molecule has 7 heteroatoms. The number of urea groups is 1. The van der Waals surface area contributed by atoms with E-state index in [1.54, 1.807) is 0 Å². The summed E-state index contributed by atoms with van der Waals surface area (Å²) in [6.07, 6.45) is 0. The second-order valence-corrected chi connectivity index (χ2v) is 2.71. The SMILES string of the molecule is O=C(CN1C(=O)CNC1=O)NCCO. The van der Waals surface area contributed by atoms with Crippen LogP contribution in [0.1, 0.15) is 0 Å². The van der Waals surface area contributed by atoms with Crippen molar-refractivity contribution in [3.8, 4) is 0 Å². The molecule has 78 valence electrons. The van der Waals surface area contributed by atoms with Crippen LogP contribution in [0.25, 0.3) is 0 Å². The minimum absolute atomic E-state index is 0.0634. The van der Waals surface area contributed by atoms with Gasteiger partial charge in [0.25, 0.3) is 5.91 Å². The van der Waals surface area contributed by atoms with Crippen molar-refractivity contribution < 1.29 is 19.5 Å². The molecule has 0 aromatic carbocycles. The number of rotatable bonds is 4. The Bertz CT molecular complexity index is 250. The first-order valence-corrected chi connectivity index (χ1v) is 4.11. The monoisotopic (exact) mass is 201 g/mol. The maximum Gasteiger partial charge on any atom is 0.325 e. The highest BCUT2D eigenvalue weighted by Crippen LogP contribution is 1.97. The molecule has 1 aliphatic rings. The number of aliphatic hydroxyl groups excluding tert-OH is 1. The second kappa shape index (κ2) is 4.56. The van der Waals surface area contributed by atoms with Crippen LogP contribution in [-0.2, 0) is 9.59 Å². The highest BCUT2D eigenvalue weighted by atomic mass is 16.3. The molecule has 0 radical (unpaired) electrons. The molecule has 4 amide bonds. The van der Waals surface area contributed by atoms with Crippen LogP contribution in [-0.4, -0.2) is 54.1 Å². The molecule has 0 aliphatic carbocycles. The Morgan fingerprint density at radius 1 is 1.57 bits per heavy atom. The van der Waals surface area contributed by atoms with Gasteiger partial charge < -0.3 is 15.7 Å². The van der Waals surface area contributed by atoms with Crippen LogP contribution in [0.4, 0.5) is 4.79 Å². The van der Waals surface area contributed by atoms with Gasteiger partial charge in [0.2, 0.25) is 5.91 Å². The number of hydrogen-bond acceptors (Lipinski definition) is 4. The summed E-state index contributed by atoms with van der Waals surface area (Å²) in [5.74, 6) is -0.890. The summed E-state index contributed by atoms with van der Waals surface area (Å²) < 4.78 is 0. The van der Waals surface area contributed by atoms with E-state index in [-0.39, 0.29) is 26.2 Å². The predicted molar refractivity (Wildman–Crippen MR) is 45.2 cm³/mol. The standard InChI is InChI=1S/C7H11N3O4/c11-2-1-8-5(12)4-10-6(13)3-9-7(10)14/h11H,1-4H2,(H,8,12)(H,9,14). The lowest BCUT2D eigenvalue weighted by Gasteiger charge is -2.11. The lowest BCUT2D eigenvalue weighted by Crippen LogP contribution is -2.41. The quantitative estimate of drug-likeness (QED) is 0.443. The zero-order valence-corrected chi connectivity index (χ0v) is 7.45. The van der Waals surface area contributed by atoms with Crippen LogP contribution in [0.2, 0.25) is 0 Å². The predicted octanol–water partition coefficient (Wildman–Crippen LogP) is -2.35. The number of nitrogens with one attached hydrogen (secondary N) is 2. The Hall–Kier alpha value is -1.63. The van der Waals surface area contributed by atoms with Crippen molar-refractivity contribution in [3.05, 3.63) is 0 Å². The summed E-state index contributed by atoms with van der Waals surface area (Å²) in [5.41, 5.74) is 0. The summed E-state index contributed by atoms with van der Waals surface area (Å²) >= 11 is 0. The molecule has 1 rings (SSSR count). The van der Waals surface area contributed by atoms with Crippen molar-refractivity contribution in [3.63, 3.8) is 0 Å². The maximum absolute atomic E-state index is 11.1. The Labute approximate surface area is 80.1 Å². The molecule has 1 fully saturated rings. The number of carbonyl (C=O) groups is 3. The van der Waals surface area contributed by atoms with Gasteiger partial charge in [-0.1, -0.05) is 0 Å². The Morgan fingerprint density at radius 2 is 2.29 bits per heavy atom. The zero-order chi connectivity index (χ0) is 10.6. The molecule has 3 N–H and O–H groups in total.